The first kappa shape index (κ1) is 11.8. The molecule has 0 aromatic carbocycles. The quantitative estimate of drug-likeness (QED) is 0.784. The molecule has 88 valence electrons. The molecule has 0 unspecified atom stereocenters. The molecule has 2 rings (SSSR count). The van der Waals surface area contributed by atoms with Crippen molar-refractivity contribution in [2.75, 3.05) is 0 Å². The van der Waals surface area contributed by atoms with Crippen LogP contribution in [0, 0.1) is 6.92 Å². The van der Waals surface area contributed by atoms with E-state index in [9.17, 15) is 4.79 Å². The second kappa shape index (κ2) is 4.67. The van der Waals surface area contributed by atoms with Crippen LogP contribution in [0.25, 0.3) is 0 Å². The number of ketones is 1. The van der Waals surface area contributed by atoms with E-state index in [1.807, 2.05) is 6.92 Å². The van der Waals surface area contributed by atoms with E-state index in [4.69, 9.17) is 11.6 Å². The number of carbonyl (C=O) groups is 1. The van der Waals surface area contributed by atoms with Crippen molar-refractivity contribution < 1.29 is 4.79 Å². The summed E-state index contributed by atoms with van der Waals surface area (Å²) in [6.45, 7) is 1.86. The molecular formula is C12H12ClN3O. The van der Waals surface area contributed by atoms with Crippen LogP contribution in [0.3, 0.4) is 0 Å². The van der Waals surface area contributed by atoms with Gasteiger partial charge in [-0.25, -0.2) is 0 Å². The summed E-state index contributed by atoms with van der Waals surface area (Å²) in [5, 5.41) is 4.66. The zero-order valence-electron chi connectivity index (χ0n) is 9.64. The molecule has 0 N–H and O–H groups in total. The smallest absolute Gasteiger partial charge is 0.185 e. The number of aromatic nitrogens is 3. The van der Waals surface area contributed by atoms with Crippen molar-refractivity contribution in [3.05, 3.63) is 46.5 Å². The zero-order valence-corrected chi connectivity index (χ0v) is 10.4. The van der Waals surface area contributed by atoms with Crippen LogP contribution in [-0.2, 0) is 13.5 Å². The lowest BCUT2D eigenvalue weighted by molar-refractivity contribution is 0.0984. The number of pyridine rings is 1. The molecule has 2 aromatic rings. The van der Waals surface area contributed by atoms with E-state index in [0.29, 0.717) is 10.7 Å². The van der Waals surface area contributed by atoms with Crippen molar-refractivity contribution >= 4 is 17.4 Å². The fourth-order valence-electron chi connectivity index (χ4n) is 1.68. The van der Waals surface area contributed by atoms with Gasteiger partial charge in [0, 0.05) is 25.9 Å². The molecule has 0 saturated carbocycles. The first-order chi connectivity index (χ1) is 8.08. The highest BCUT2D eigenvalue weighted by Gasteiger charge is 2.13. The summed E-state index contributed by atoms with van der Waals surface area (Å²) in [4.78, 5) is 15.9. The first-order valence-corrected chi connectivity index (χ1v) is 5.58. The number of aryl methyl sites for hydroxylation is 2. The highest BCUT2D eigenvalue weighted by atomic mass is 35.5. The van der Waals surface area contributed by atoms with E-state index in [1.54, 1.807) is 36.3 Å². The predicted molar refractivity (Wildman–Crippen MR) is 65.2 cm³/mol. The lowest BCUT2D eigenvalue weighted by Gasteiger charge is -2.03. The standard InChI is InChI=1S/C12H12ClN3O/c1-8-5-11(16(2)15-8)12(17)6-9-3-4-14-7-10(9)13/h3-5,7H,6H2,1-2H3. The van der Waals surface area contributed by atoms with Crippen LogP contribution >= 0.6 is 11.6 Å². The summed E-state index contributed by atoms with van der Waals surface area (Å²) in [5.41, 5.74) is 2.21. The molecule has 0 aliphatic carbocycles. The molecule has 0 atom stereocenters. The molecule has 0 fully saturated rings. The van der Waals surface area contributed by atoms with E-state index in [1.165, 1.54) is 0 Å². The van der Waals surface area contributed by atoms with Gasteiger partial charge in [0.05, 0.1) is 10.7 Å². The third kappa shape index (κ3) is 2.53. The molecule has 0 aliphatic rings. The van der Waals surface area contributed by atoms with Crippen LogP contribution < -0.4 is 0 Å². The largest absolute Gasteiger partial charge is 0.292 e. The Bertz CT molecular complexity index is 563. The highest BCUT2D eigenvalue weighted by molar-refractivity contribution is 6.31. The molecule has 0 radical (unpaired) electrons. The summed E-state index contributed by atoms with van der Waals surface area (Å²) in [5.74, 6) is 0.00111. The summed E-state index contributed by atoms with van der Waals surface area (Å²) >= 11 is 5.96. The van der Waals surface area contributed by atoms with Gasteiger partial charge in [0.15, 0.2) is 5.78 Å². The Balaban J connectivity index is 2.23. The van der Waals surface area contributed by atoms with E-state index in [-0.39, 0.29) is 12.2 Å². The van der Waals surface area contributed by atoms with E-state index < -0.39 is 0 Å². The maximum atomic E-state index is 12.1. The summed E-state index contributed by atoms with van der Waals surface area (Å²) in [7, 11) is 1.76. The normalized spacial score (nSPS) is 10.5. The summed E-state index contributed by atoms with van der Waals surface area (Å²) < 4.78 is 1.59. The van der Waals surface area contributed by atoms with Crippen LogP contribution in [-0.4, -0.2) is 20.5 Å². The number of Topliss-reactive ketones (excluding diaryl/α,β-unsaturated/α-hetero) is 1. The number of hydrogen-bond acceptors (Lipinski definition) is 3. The van der Waals surface area contributed by atoms with Crippen molar-refractivity contribution in [1.82, 2.24) is 14.8 Å². The summed E-state index contributed by atoms with van der Waals surface area (Å²) in [6, 6.07) is 3.53. The molecule has 0 amide bonds. The number of rotatable bonds is 3. The molecule has 2 aromatic heterocycles. The van der Waals surface area contributed by atoms with Crippen LogP contribution in [0.2, 0.25) is 5.02 Å². The fraction of sp³-hybridized carbons (Fsp3) is 0.250. The van der Waals surface area contributed by atoms with Gasteiger partial charge < -0.3 is 0 Å². The first-order valence-electron chi connectivity index (χ1n) is 5.20. The zero-order chi connectivity index (χ0) is 12.4. The van der Waals surface area contributed by atoms with Crippen molar-refractivity contribution in [2.45, 2.75) is 13.3 Å². The number of nitrogens with zero attached hydrogens (tertiary/aromatic N) is 3. The topological polar surface area (TPSA) is 47.8 Å². The van der Waals surface area contributed by atoms with Crippen LogP contribution in [0.15, 0.2) is 24.5 Å². The fourth-order valence-corrected chi connectivity index (χ4v) is 1.87. The Labute approximate surface area is 104 Å². The van der Waals surface area contributed by atoms with Crippen LogP contribution in [0.5, 0.6) is 0 Å². The molecule has 5 heteroatoms. The van der Waals surface area contributed by atoms with Gasteiger partial charge in [-0.05, 0) is 24.6 Å². The monoisotopic (exact) mass is 249 g/mol. The van der Waals surface area contributed by atoms with E-state index in [0.717, 1.165) is 11.3 Å². The molecule has 0 saturated heterocycles. The van der Waals surface area contributed by atoms with Gasteiger partial charge in [-0.1, -0.05) is 11.6 Å². The Morgan fingerprint density at radius 1 is 1.53 bits per heavy atom. The van der Waals surface area contributed by atoms with Crippen LogP contribution in [0.4, 0.5) is 0 Å². The number of hydrogen-bond donors (Lipinski definition) is 0. The van der Waals surface area contributed by atoms with Gasteiger partial charge in [-0.15, -0.1) is 0 Å². The number of halogens is 1. The Kier molecular flexibility index (Phi) is 3.24. The van der Waals surface area contributed by atoms with E-state index >= 15 is 0 Å². The van der Waals surface area contributed by atoms with Crippen molar-refractivity contribution in [1.29, 1.82) is 0 Å². The second-order valence-electron chi connectivity index (χ2n) is 3.86. The minimum Gasteiger partial charge on any atom is -0.292 e. The highest BCUT2D eigenvalue weighted by Crippen LogP contribution is 2.16. The average Bonchev–Trinajstić information content (AvgIpc) is 2.61. The van der Waals surface area contributed by atoms with Gasteiger partial charge in [0.25, 0.3) is 0 Å². The van der Waals surface area contributed by atoms with Gasteiger partial charge >= 0.3 is 0 Å². The molecule has 4 nitrogen and oxygen atoms in total. The lowest BCUT2D eigenvalue weighted by atomic mass is 10.1. The summed E-state index contributed by atoms with van der Waals surface area (Å²) in [6.07, 6.45) is 3.43. The molecule has 17 heavy (non-hydrogen) atoms. The van der Waals surface area contributed by atoms with Crippen LogP contribution in [0.1, 0.15) is 21.7 Å². The van der Waals surface area contributed by atoms with Gasteiger partial charge in [0.2, 0.25) is 0 Å². The maximum absolute atomic E-state index is 12.1. The van der Waals surface area contributed by atoms with Crippen molar-refractivity contribution in [2.24, 2.45) is 7.05 Å². The molecular weight excluding hydrogens is 238 g/mol. The van der Waals surface area contributed by atoms with Gasteiger partial charge in [-0.2, -0.15) is 5.10 Å². The van der Waals surface area contributed by atoms with Gasteiger partial charge in [0.1, 0.15) is 5.69 Å². The van der Waals surface area contributed by atoms with Crippen molar-refractivity contribution in [3.63, 3.8) is 0 Å². The maximum Gasteiger partial charge on any atom is 0.185 e. The Morgan fingerprint density at radius 2 is 2.29 bits per heavy atom. The van der Waals surface area contributed by atoms with Crippen molar-refractivity contribution in [3.8, 4) is 0 Å². The lowest BCUT2D eigenvalue weighted by Crippen LogP contribution is -2.09. The molecule has 0 spiro atoms. The predicted octanol–water partition coefficient (Wildman–Crippen LogP) is 2.20. The third-order valence-electron chi connectivity index (χ3n) is 2.50. The SMILES string of the molecule is Cc1cc(C(=O)Cc2ccncc2Cl)n(C)n1. The van der Waals surface area contributed by atoms with E-state index in [2.05, 4.69) is 10.1 Å². The molecule has 0 aliphatic heterocycles. The molecule has 0 bridgehead atoms. The van der Waals surface area contributed by atoms with Gasteiger partial charge in [-0.3, -0.25) is 14.5 Å². The average molecular weight is 250 g/mol. The Hall–Kier alpha value is -1.68. The Morgan fingerprint density at radius 3 is 2.88 bits per heavy atom. The second-order valence-corrected chi connectivity index (χ2v) is 4.27. The minimum absolute atomic E-state index is 0.00111. The third-order valence-corrected chi connectivity index (χ3v) is 2.84. The minimum atomic E-state index is 0.00111. The molecule has 2 heterocycles. The number of carbonyl (C=O) groups excluding carboxylic acids is 1.